The predicted octanol–water partition coefficient (Wildman–Crippen LogP) is 7.34. The zero-order valence-corrected chi connectivity index (χ0v) is 17.3. The smallest absolute Gasteiger partial charge is 0.159 e. The van der Waals surface area contributed by atoms with Gasteiger partial charge in [-0.25, -0.2) is 9.97 Å². The summed E-state index contributed by atoms with van der Waals surface area (Å²) in [4.78, 5) is 9.33. The quantitative estimate of drug-likeness (QED) is 0.435. The monoisotopic (exact) mass is 364 g/mol. The Morgan fingerprint density at radius 2 is 1.48 bits per heavy atom. The summed E-state index contributed by atoms with van der Waals surface area (Å²) < 4.78 is 0. The first-order chi connectivity index (χ1) is 13.3. The molecule has 0 amide bonds. The van der Waals surface area contributed by atoms with Crippen molar-refractivity contribution in [2.75, 3.05) is 0 Å². The van der Waals surface area contributed by atoms with Crippen LogP contribution in [0.1, 0.15) is 95.1 Å². The van der Waals surface area contributed by atoms with E-state index in [0.29, 0.717) is 5.92 Å². The van der Waals surface area contributed by atoms with Crippen molar-refractivity contribution in [3.63, 3.8) is 0 Å². The number of hydrogen-bond donors (Lipinski definition) is 0. The lowest BCUT2D eigenvalue weighted by Crippen LogP contribution is -2.14. The molecular weight excluding hydrogens is 328 g/mol. The molecule has 3 rings (SSSR count). The number of hydrogen-bond acceptors (Lipinski definition) is 2. The van der Waals surface area contributed by atoms with E-state index in [1.165, 1.54) is 75.3 Å². The average Bonchev–Trinajstić information content (AvgIpc) is 2.74. The minimum atomic E-state index is 0.665. The molecule has 1 fully saturated rings. The Morgan fingerprint density at radius 3 is 2.11 bits per heavy atom. The van der Waals surface area contributed by atoms with Crippen LogP contribution in [0.25, 0.3) is 11.4 Å². The molecule has 1 aromatic heterocycles. The van der Waals surface area contributed by atoms with Gasteiger partial charge in [-0.3, -0.25) is 0 Å². The topological polar surface area (TPSA) is 25.8 Å². The van der Waals surface area contributed by atoms with Gasteiger partial charge in [0, 0.05) is 18.0 Å². The average molecular weight is 365 g/mol. The fourth-order valence-electron chi connectivity index (χ4n) is 4.41. The number of nitrogens with zero attached hydrogens (tertiary/aromatic N) is 2. The number of aromatic nitrogens is 2. The molecule has 0 aliphatic heterocycles. The van der Waals surface area contributed by atoms with E-state index >= 15 is 0 Å². The lowest BCUT2D eigenvalue weighted by molar-refractivity contribution is 0.301. The molecule has 0 N–H and O–H groups in total. The highest BCUT2D eigenvalue weighted by molar-refractivity contribution is 5.55. The molecule has 1 saturated carbocycles. The number of benzene rings is 1. The molecule has 0 radical (unpaired) electrons. The summed E-state index contributed by atoms with van der Waals surface area (Å²) in [6, 6.07) is 8.63. The fourth-order valence-corrected chi connectivity index (χ4v) is 4.41. The second-order valence-corrected chi connectivity index (χ2v) is 8.31. The van der Waals surface area contributed by atoms with Crippen LogP contribution >= 0.6 is 0 Å². The standard InChI is InChI=1S/C25H36N2/c1-3-5-6-7-8-9-21-12-14-22(15-13-21)24-18-26-25(27-19-24)23-16-10-20(4-2)11-17-23/h10-11,16-19,21-22H,3-9,12-15H2,1-2H3. The third kappa shape index (κ3) is 5.89. The maximum Gasteiger partial charge on any atom is 0.159 e. The van der Waals surface area contributed by atoms with Crippen molar-refractivity contribution < 1.29 is 0 Å². The minimum absolute atomic E-state index is 0.665. The van der Waals surface area contributed by atoms with Gasteiger partial charge in [-0.2, -0.15) is 0 Å². The highest BCUT2D eigenvalue weighted by atomic mass is 14.9. The second-order valence-electron chi connectivity index (χ2n) is 8.31. The van der Waals surface area contributed by atoms with Gasteiger partial charge in [-0.05, 0) is 55.1 Å². The Bertz CT molecular complexity index is 652. The van der Waals surface area contributed by atoms with Crippen LogP contribution in [0.15, 0.2) is 36.7 Å². The minimum Gasteiger partial charge on any atom is -0.236 e. The summed E-state index contributed by atoms with van der Waals surface area (Å²) in [6.07, 6.45) is 19.1. The van der Waals surface area contributed by atoms with Gasteiger partial charge in [0.05, 0.1) is 0 Å². The summed E-state index contributed by atoms with van der Waals surface area (Å²) in [5, 5.41) is 0. The largest absolute Gasteiger partial charge is 0.236 e. The molecule has 0 spiro atoms. The molecule has 1 aliphatic rings. The number of aryl methyl sites for hydroxylation is 1. The van der Waals surface area contributed by atoms with Crippen molar-refractivity contribution in [3.8, 4) is 11.4 Å². The first-order valence-electron chi connectivity index (χ1n) is 11.2. The van der Waals surface area contributed by atoms with Crippen molar-refractivity contribution in [1.82, 2.24) is 9.97 Å². The van der Waals surface area contributed by atoms with Crippen LogP contribution in [-0.2, 0) is 6.42 Å². The Labute approximate surface area is 165 Å². The SMILES string of the molecule is CCCCCCCC1CCC(c2cnc(-c3ccc(CC)cc3)nc2)CC1. The third-order valence-electron chi connectivity index (χ3n) is 6.33. The Kier molecular flexibility index (Phi) is 7.86. The van der Waals surface area contributed by atoms with Gasteiger partial charge in [-0.1, -0.05) is 76.6 Å². The lowest BCUT2D eigenvalue weighted by Gasteiger charge is -2.28. The van der Waals surface area contributed by atoms with Gasteiger partial charge in [-0.15, -0.1) is 0 Å². The second kappa shape index (κ2) is 10.6. The molecule has 2 aromatic rings. The summed E-state index contributed by atoms with van der Waals surface area (Å²) in [5.41, 5.74) is 3.81. The van der Waals surface area contributed by atoms with Crippen molar-refractivity contribution in [2.24, 2.45) is 5.92 Å². The van der Waals surface area contributed by atoms with Gasteiger partial charge >= 0.3 is 0 Å². The molecule has 0 bridgehead atoms. The van der Waals surface area contributed by atoms with E-state index in [2.05, 4.69) is 60.5 Å². The van der Waals surface area contributed by atoms with E-state index in [1.807, 2.05) is 0 Å². The van der Waals surface area contributed by atoms with Gasteiger partial charge in [0.25, 0.3) is 0 Å². The van der Waals surface area contributed by atoms with Crippen molar-refractivity contribution in [3.05, 3.63) is 47.8 Å². The van der Waals surface area contributed by atoms with E-state index in [1.54, 1.807) is 0 Å². The molecule has 1 heterocycles. The summed E-state index contributed by atoms with van der Waals surface area (Å²) in [7, 11) is 0. The Morgan fingerprint density at radius 1 is 0.815 bits per heavy atom. The third-order valence-corrected chi connectivity index (χ3v) is 6.33. The Balaban J connectivity index is 1.47. The highest BCUT2D eigenvalue weighted by Crippen LogP contribution is 2.37. The van der Waals surface area contributed by atoms with Crippen LogP contribution in [0.3, 0.4) is 0 Å². The summed E-state index contributed by atoms with van der Waals surface area (Å²) in [6.45, 7) is 4.47. The summed E-state index contributed by atoms with van der Waals surface area (Å²) >= 11 is 0. The van der Waals surface area contributed by atoms with Crippen molar-refractivity contribution in [1.29, 1.82) is 0 Å². The molecule has 2 nitrogen and oxygen atoms in total. The number of unbranched alkanes of at least 4 members (excludes halogenated alkanes) is 4. The van der Waals surface area contributed by atoms with Crippen LogP contribution in [0.5, 0.6) is 0 Å². The molecule has 146 valence electrons. The van der Waals surface area contributed by atoms with Crippen LogP contribution in [0.2, 0.25) is 0 Å². The van der Waals surface area contributed by atoms with E-state index < -0.39 is 0 Å². The van der Waals surface area contributed by atoms with E-state index in [4.69, 9.17) is 0 Å². The molecule has 0 saturated heterocycles. The van der Waals surface area contributed by atoms with Gasteiger partial charge in [0.15, 0.2) is 5.82 Å². The van der Waals surface area contributed by atoms with Crippen LogP contribution in [0, 0.1) is 5.92 Å². The number of rotatable bonds is 9. The summed E-state index contributed by atoms with van der Waals surface area (Å²) in [5.74, 6) is 2.47. The van der Waals surface area contributed by atoms with Gasteiger partial charge < -0.3 is 0 Å². The van der Waals surface area contributed by atoms with Gasteiger partial charge in [0.1, 0.15) is 0 Å². The van der Waals surface area contributed by atoms with Crippen LogP contribution in [-0.4, -0.2) is 9.97 Å². The maximum absolute atomic E-state index is 4.67. The zero-order valence-electron chi connectivity index (χ0n) is 17.3. The van der Waals surface area contributed by atoms with Crippen molar-refractivity contribution >= 4 is 0 Å². The molecule has 27 heavy (non-hydrogen) atoms. The van der Waals surface area contributed by atoms with Gasteiger partial charge in [0.2, 0.25) is 0 Å². The molecular formula is C25H36N2. The van der Waals surface area contributed by atoms with Crippen LogP contribution < -0.4 is 0 Å². The molecule has 0 unspecified atom stereocenters. The molecule has 0 atom stereocenters. The predicted molar refractivity (Wildman–Crippen MR) is 115 cm³/mol. The first-order valence-corrected chi connectivity index (χ1v) is 11.2. The van der Waals surface area contributed by atoms with E-state index in [9.17, 15) is 0 Å². The molecule has 1 aliphatic carbocycles. The van der Waals surface area contributed by atoms with E-state index in [0.717, 1.165) is 23.7 Å². The Hall–Kier alpha value is -1.70. The molecule has 1 aromatic carbocycles. The first kappa shape index (κ1) is 20.0. The zero-order chi connectivity index (χ0) is 18.9. The maximum atomic E-state index is 4.67. The fraction of sp³-hybridized carbons (Fsp3) is 0.600. The highest BCUT2D eigenvalue weighted by Gasteiger charge is 2.22. The lowest BCUT2D eigenvalue weighted by atomic mass is 9.77. The molecule has 2 heteroatoms. The van der Waals surface area contributed by atoms with Crippen molar-refractivity contribution in [2.45, 2.75) is 90.4 Å². The van der Waals surface area contributed by atoms with E-state index in [-0.39, 0.29) is 0 Å². The normalized spacial score (nSPS) is 19.9. The van der Waals surface area contributed by atoms with Crippen LogP contribution in [0.4, 0.5) is 0 Å².